The third-order valence-electron chi connectivity index (χ3n) is 6.58. The molecule has 0 amide bonds. The molecule has 2 aliphatic rings. The highest BCUT2D eigenvalue weighted by Gasteiger charge is 2.28. The van der Waals surface area contributed by atoms with Crippen LogP contribution in [0.15, 0.2) is 41.6 Å². The van der Waals surface area contributed by atoms with Crippen molar-refractivity contribution in [3.05, 3.63) is 52.7 Å². The number of rotatable bonds is 4. The van der Waals surface area contributed by atoms with E-state index < -0.39 is 0 Å². The van der Waals surface area contributed by atoms with Gasteiger partial charge in [-0.15, -0.1) is 0 Å². The van der Waals surface area contributed by atoms with Gasteiger partial charge in [-0.05, 0) is 49.0 Å². The third-order valence-corrected chi connectivity index (χ3v) is 7.44. The van der Waals surface area contributed by atoms with E-state index in [1.54, 1.807) is 11.8 Å². The Bertz CT molecular complexity index is 1190. The van der Waals surface area contributed by atoms with Gasteiger partial charge in [-0.2, -0.15) is 5.26 Å². The SMILES string of the molecule is CSc1nc2c(c(N3CCC[C@@H](CC#N)C3)n1)CCN(c1cccc3cccc(Cl)c13)C2. The minimum absolute atomic E-state index is 0.426. The first-order valence-corrected chi connectivity index (χ1v) is 12.8. The molecule has 7 heteroatoms. The monoisotopic (exact) mass is 463 g/mol. The van der Waals surface area contributed by atoms with Crippen molar-refractivity contribution in [1.29, 1.82) is 5.26 Å². The van der Waals surface area contributed by atoms with E-state index in [9.17, 15) is 0 Å². The van der Waals surface area contributed by atoms with E-state index in [2.05, 4.69) is 40.1 Å². The van der Waals surface area contributed by atoms with E-state index in [4.69, 9.17) is 26.8 Å². The normalized spacial score (nSPS) is 18.5. The van der Waals surface area contributed by atoms with Crippen LogP contribution in [0, 0.1) is 17.2 Å². The highest BCUT2D eigenvalue weighted by Crippen LogP contribution is 2.37. The Morgan fingerprint density at radius 1 is 1.16 bits per heavy atom. The lowest BCUT2D eigenvalue weighted by Gasteiger charge is -2.37. The summed E-state index contributed by atoms with van der Waals surface area (Å²) in [6, 6.07) is 14.8. The number of anilines is 2. The molecule has 1 atom stereocenters. The van der Waals surface area contributed by atoms with Crippen LogP contribution in [0.4, 0.5) is 11.5 Å². The Labute approximate surface area is 198 Å². The van der Waals surface area contributed by atoms with Gasteiger partial charge in [0, 0.05) is 42.7 Å². The molecule has 5 nitrogen and oxygen atoms in total. The molecule has 3 aromatic rings. The summed E-state index contributed by atoms with van der Waals surface area (Å²) in [5, 5.41) is 13.0. The van der Waals surface area contributed by atoms with Gasteiger partial charge in [0.25, 0.3) is 0 Å². The van der Waals surface area contributed by atoms with Crippen LogP contribution in [-0.2, 0) is 13.0 Å². The number of aromatic nitrogens is 2. The van der Waals surface area contributed by atoms with Gasteiger partial charge in [-0.3, -0.25) is 0 Å². The molecule has 0 spiro atoms. The van der Waals surface area contributed by atoms with E-state index in [0.29, 0.717) is 12.3 Å². The lowest BCUT2D eigenvalue weighted by molar-refractivity contribution is 0.418. The smallest absolute Gasteiger partial charge is 0.189 e. The summed E-state index contributed by atoms with van der Waals surface area (Å²) in [7, 11) is 0. The summed E-state index contributed by atoms with van der Waals surface area (Å²) >= 11 is 8.20. The zero-order chi connectivity index (χ0) is 22.1. The molecule has 32 heavy (non-hydrogen) atoms. The number of hydrogen-bond donors (Lipinski definition) is 0. The Kier molecular flexibility index (Phi) is 6.12. The summed E-state index contributed by atoms with van der Waals surface area (Å²) in [4.78, 5) is 14.7. The summed E-state index contributed by atoms with van der Waals surface area (Å²) < 4.78 is 0. The van der Waals surface area contributed by atoms with Crippen LogP contribution in [0.3, 0.4) is 0 Å². The number of benzene rings is 2. The maximum atomic E-state index is 9.17. The minimum Gasteiger partial charge on any atom is -0.365 e. The molecule has 3 heterocycles. The van der Waals surface area contributed by atoms with Crippen molar-refractivity contribution in [2.75, 3.05) is 35.7 Å². The third kappa shape index (κ3) is 4.00. The molecule has 0 saturated carbocycles. The molecule has 5 rings (SSSR count). The number of thioether (sulfide) groups is 1. The number of piperidine rings is 1. The van der Waals surface area contributed by atoms with Crippen molar-refractivity contribution in [3.8, 4) is 6.07 Å². The van der Waals surface area contributed by atoms with Gasteiger partial charge in [0.1, 0.15) is 5.82 Å². The van der Waals surface area contributed by atoms with Crippen LogP contribution < -0.4 is 9.80 Å². The molecule has 0 bridgehead atoms. The van der Waals surface area contributed by atoms with Crippen molar-refractivity contribution >= 4 is 45.6 Å². The van der Waals surface area contributed by atoms with Crippen molar-refractivity contribution in [3.63, 3.8) is 0 Å². The molecule has 0 aliphatic carbocycles. The quantitative estimate of drug-likeness (QED) is 0.365. The van der Waals surface area contributed by atoms with Gasteiger partial charge < -0.3 is 9.80 Å². The molecule has 0 unspecified atom stereocenters. The van der Waals surface area contributed by atoms with Crippen LogP contribution in [0.25, 0.3) is 10.8 Å². The topological polar surface area (TPSA) is 56.1 Å². The predicted octanol–water partition coefficient (Wildman–Crippen LogP) is 5.70. The second-order valence-electron chi connectivity index (χ2n) is 8.56. The van der Waals surface area contributed by atoms with Crippen molar-refractivity contribution in [2.24, 2.45) is 5.92 Å². The van der Waals surface area contributed by atoms with Crippen molar-refractivity contribution in [1.82, 2.24) is 9.97 Å². The van der Waals surface area contributed by atoms with Gasteiger partial charge in [-0.1, -0.05) is 47.6 Å². The lowest BCUT2D eigenvalue weighted by Crippen LogP contribution is -2.39. The van der Waals surface area contributed by atoms with E-state index >= 15 is 0 Å². The maximum absolute atomic E-state index is 9.17. The fraction of sp³-hybridized carbons (Fsp3) is 0.400. The zero-order valence-electron chi connectivity index (χ0n) is 18.2. The van der Waals surface area contributed by atoms with Crippen LogP contribution in [-0.4, -0.2) is 35.9 Å². The Morgan fingerprint density at radius 3 is 2.81 bits per heavy atom. The zero-order valence-corrected chi connectivity index (χ0v) is 19.8. The van der Waals surface area contributed by atoms with E-state index in [0.717, 1.165) is 83.6 Å². The summed E-state index contributed by atoms with van der Waals surface area (Å²) in [6.45, 7) is 3.56. The first-order chi connectivity index (χ1) is 15.7. The Balaban J connectivity index is 1.51. The number of hydrogen-bond acceptors (Lipinski definition) is 6. The highest BCUT2D eigenvalue weighted by atomic mass is 35.5. The molecule has 1 saturated heterocycles. The summed E-state index contributed by atoms with van der Waals surface area (Å²) in [5.41, 5.74) is 3.54. The second-order valence-corrected chi connectivity index (χ2v) is 9.74. The Hall–Kier alpha value is -2.49. The maximum Gasteiger partial charge on any atom is 0.189 e. The second kappa shape index (κ2) is 9.17. The van der Waals surface area contributed by atoms with Crippen molar-refractivity contribution < 1.29 is 0 Å². The molecule has 1 fully saturated rings. The lowest BCUT2D eigenvalue weighted by atomic mass is 9.94. The van der Waals surface area contributed by atoms with E-state index in [1.807, 2.05) is 18.4 Å². The summed E-state index contributed by atoms with van der Waals surface area (Å²) in [5.74, 6) is 1.51. The van der Waals surface area contributed by atoms with Crippen LogP contribution in [0.2, 0.25) is 5.02 Å². The van der Waals surface area contributed by atoms with E-state index in [1.165, 1.54) is 5.56 Å². The van der Waals surface area contributed by atoms with Crippen molar-refractivity contribution in [2.45, 2.75) is 37.4 Å². The highest BCUT2D eigenvalue weighted by molar-refractivity contribution is 7.98. The molecule has 0 radical (unpaired) electrons. The summed E-state index contributed by atoms with van der Waals surface area (Å²) in [6.07, 6.45) is 5.79. The van der Waals surface area contributed by atoms with Gasteiger partial charge in [0.05, 0.1) is 23.3 Å². The standard InChI is InChI=1S/C25H26ClN5S/c1-32-25-28-21-16-30(22-9-3-7-18-6-2-8-20(26)23(18)22)14-11-19(21)24(29-25)31-13-4-5-17(15-31)10-12-27/h2-3,6-9,17H,4-5,10-11,13-16H2,1H3/t17-/m0/s1. The predicted molar refractivity (Wildman–Crippen MR) is 133 cm³/mol. The van der Waals surface area contributed by atoms with E-state index in [-0.39, 0.29) is 0 Å². The fourth-order valence-electron chi connectivity index (χ4n) is 5.04. The van der Waals surface area contributed by atoms with Gasteiger partial charge in [0.15, 0.2) is 5.16 Å². The van der Waals surface area contributed by atoms with Crippen LogP contribution >= 0.6 is 23.4 Å². The average Bonchev–Trinajstić information content (AvgIpc) is 2.83. The number of fused-ring (bicyclic) bond motifs is 2. The first kappa shape index (κ1) is 21.4. The number of nitriles is 1. The van der Waals surface area contributed by atoms with Crippen LogP contribution in [0.1, 0.15) is 30.5 Å². The Morgan fingerprint density at radius 2 is 2.00 bits per heavy atom. The fourth-order valence-corrected chi connectivity index (χ4v) is 5.70. The average molecular weight is 464 g/mol. The van der Waals surface area contributed by atoms with Gasteiger partial charge in [-0.25, -0.2) is 9.97 Å². The minimum atomic E-state index is 0.426. The molecular weight excluding hydrogens is 438 g/mol. The first-order valence-electron chi connectivity index (χ1n) is 11.2. The molecule has 0 N–H and O–H groups in total. The van der Waals surface area contributed by atoms with Crippen LogP contribution in [0.5, 0.6) is 0 Å². The molecule has 2 aromatic carbocycles. The van der Waals surface area contributed by atoms with Gasteiger partial charge in [0.2, 0.25) is 0 Å². The molecular formula is C25H26ClN5S. The number of halogens is 1. The molecule has 2 aliphatic heterocycles. The largest absolute Gasteiger partial charge is 0.365 e. The molecule has 1 aromatic heterocycles. The molecule has 164 valence electrons. The van der Waals surface area contributed by atoms with Gasteiger partial charge >= 0.3 is 0 Å². The number of nitrogens with zero attached hydrogens (tertiary/aromatic N) is 5.